The van der Waals surface area contributed by atoms with Gasteiger partial charge in [-0.1, -0.05) is 81.4 Å². The Labute approximate surface area is 213 Å². The Morgan fingerprint density at radius 3 is 1.71 bits per heavy atom. The summed E-state index contributed by atoms with van der Waals surface area (Å²) in [6.45, 7) is 18.3. The van der Waals surface area contributed by atoms with E-state index in [1.54, 1.807) is 0 Å². The van der Waals surface area contributed by atoms with E-state index >= 15 is 0 Å². The molecule has 35 heavy (non-hydrogen) atoms. The molecule has 0 aliphatic rings. The Kier molecular flexibility index (Phi) is 7.31. The van der Waals surface area contributed by atoms with Crippen LogP contribution in [-0.4, -0.2) is 0 Å². The molecule has 4 rings (SSSR count). The van der Waals surface area contributed by atoms with Gasteiger partial charge in [0.25, 0.3) is 0 Å². The molecule has 0 N–H and O–H groups in total. The number of aryl methyl sites for hydroxylation is 3. The van der Waals surface area contributed by atoms with Crippen LogP contribution >= 0.6 is 0 Å². The topological polar surface area (TPSA) is 0 Å². The summed E-state index contributed by atoms with van der Waals surface area (Å²) >= 11 is 0. The van der Waals surface area contributed by atoms with Crippen molar-refractivity contribution < 1.29 is 0 Å². The zero-order valence-electron chi connectivity index (χ0n) is 22.9. The lowest BCUT2D eigenvalue weighted by molar-refractivity contribution is 1.12. The molecule has 0 heteroatoms. The second-order valence-electron chi connectivity index (χ2n) is 9.94. The van der Waals surface area contributed by atoms with E-state index in [-0.39, 0.29) is 0 Å². The van der Waals surface area contributed by atoms with Crippen LogP contribution in [0.2, 0.25) is 0 Å². The summed E-state index contributed by atoms with van der Waals surface area (Å²) in [5, 5.41) is 0. The van der Waals surface area contributed by atoms with Gasteiger partial charge in [-0.3, -0.25) is 0 Å². The number of rotatable bonds is 6. The van der Waals surface area contributed by atoms with E-state index in [4.69, 9.17) is 0 Å². The Hall–Kier alpha value is -3.12. The van der Waals surface area contributed by atoms with Crippen molar-refractivity contribution in [2.24, 2.45) is 0 Å². The average Bonchev–Trinajstić information content (AvgIpc) is 2.90. The third-order valence-electron chi connectivity index (χ3n) is 8.24. The molecule has 4 aromatic rings. The number of hydrogen-bond acceptors (Lipinski definition) is 0. The van der Waals surface area contributed by atoms with Crippen LogP contribution in [0, 0.1) is 34.6 Å². The van der Waals surface area contributed by atoms with E-state index < -0.39 is 0 Å². The molecule has 0 aliphatic heterocycles. The van der Waals surface area contributed by atoms with Gasteiger partial charge in [-0.05, 0) is 132 Å². The first-order valence-electron chi connectivity index (χ1n) is 13.2. The summed E-state index contributed by atoms with van der Waals surface area (Å²) < 4.78 is 0. The first kappa shape index (κ1) is 25.0. The minimum absolute atomic E-state index is 1.01. The fourth-order valence-corrected chi connectivity index (χ4v) is 5.65. The van der Waals surface area contributed by atoms with Gasteiger partial charge in [0.2, 0.25) is 0 Å². The van der Waals surface area contributed by atoms with Crippen molar-refractivity contribution in [1.82, 2.24) is 0 Å². The van der Waals surface area contributed by atoms with Crippen molar-refractivity contribution in [3.05, 3.63) is 105 Å². The smallest absolute Gasteiger partial charge is 0.00211 e. The van der Waals surface area contributed by atoms with Gasteiger partial charge in [0.15, 0.2) is 0 Å². The maximum atomic E-state index is 2.38. The standard InChI is InChI=1S/C35H40/c1-9-27-15-14-17-30(21-27)32-20-19-29(11-3)34(35(32)31-18-13-12-16-28(31)10-2)33-25(7)23(5)22(4)24(6)26(33)8/h12-21H,9-11H2,1-8H3. The zero-order chi connectivity index (χ0) is 25.3. The Balaban J connectivity index is 2.23. The van der Waals surface area contributed by atoms with E-state index in [2.05, 4.69) is 116 Å². The van der Waals surface area contributed by atoms with Crippen molar-refractivity contribution in [3.63, 3.8) is 0 Å². The molecule has 0 radical (unpaired) electrons. The highest BCUT2D eigenvalue weighted by Crippen LogP contribution is 2.47. The van der Waals surface area contributed by atoms with Crippen molar-refractivity contribution in [3.8, 4) is 33.4 Å². The first-order valence-corrected chi connectivity index (χ1v) is 13.2. The van der Waals surface area contributed by atoms with Gasteiger partial charge in [0, 0.05) is 0 Å². The number of hydrogen-bond donors (Lipinski definition) is 0. The van der Waals surface area contributed by atoms with Crippen LogP contribution in [0.15, 0.2) is 60.7 Å². The van der Waals surface area contributed by atoms with Gasteiger partial charge in [-0.2, -0.15) is 0 Å². The molecule has 0 fully saturated rings. The van der Waals surface area contributed by atoms with Crippen LogP contribution < -0.4 is 0 Å². The molecular formula is C35H40. The van der Waals surface area contributed by atoms with E-state index in [1.807, 2.05) is 0 Å². The zero-order valence-corrected chi connectivity index (χ0v) is 22.9. The average molecular weight is 461 g/mol. The lowest BCUT2D eigenvalue weighted by atomic mass is 9.78. The maximum Gasteiger partial charge on any atom is -0.00211 e. The third-order valence-corrected chi connectivity index (χ3v) is 8.24. The van der Waals surface area contributed by atoms with E-state index in [0.717, 1.165) is 19.3 Å². The largest absolute Gasteiger partial charge is 0.0620 e. The van der Waals surface area contributed by atoms with Gasteiger partial charge in [0.05, 0.1) is 0 Å². The molecule has 0 nitrogen and oxygen atoms in total. The summed E-state index contributed by atoms with van der Waals surface area (Å²) in [5.74, 6) is 0. The van der Waals surface area contributed by atoms with Crippen LogP contribution in [0.4, 0.5) is 0 Å². The minimum Gasteiger partial charge on any atom is -0.0620 e. The van der Waals surface area contributed by atoms with Crippen LogP contribution in [0.1, 0.15) is 65.3 Å². The SMILES string of the molecule is CCc1cccc(-c2ccc(CC)c(-c3c(C)c(C)c(C)c(C)c3C)c2-c2ccccc2CC)c1. The quantitative estimate of drug-likeness (QED) is 0.268. The van der Waals surface area contributed by atoms with Crippen molar-refractivity contribution >= 4 is 0 Å². The molecule has 0 heterocycles. The molecule has 0 spiro atoms. The summed E-state index contributed by atoms with van der Waals surface area (Å²) in [6.07, 6.45) is 3.07. The molecule has 0 atom stereocenters. The highest BCUT2D eigenvalue weighted by molar-refractivity contribution is 5.98. The molecule has 0 unspecified atom stereocenters. The molecule has 0 saturated heterocycles. The minimum atomic E-state index is 1.01. The molecule has 0 aliphatic carbocycles. The highest BCUT2D eigenvalue weighted by atomic mass is 14.3. The number of benzene rings is 4. The molecule has 0 bridgehead atoms. The predicted octanol–water partition coefficient (Wildman–Crippen LogP) is 9.92. The van der Waals surface area contributed by atoms with Crippen LogP contribution in [0.3, 0.4) is 0 Å². The summed E-state index contributed by atoms with van der Waals surface area (Å²) in [7, 11) is 0. The van der Waals surface area contributed by atoms with Gasteiger partial charge in [-0.25, -0.2) is 0 Å². The lowest BCUT2D eigenvalue weighted by Gasteiger charge is -2.26. The van der Waals surface area contributed by atoms with Crippen LogP contribution in [0.25, 0.3) is 33.4 Å². The molecule has 180 valence electrons. The van der Waals surface area contributed by atoms with E-state index in [9.17, 15) is 0 Å². The molecule has 0 saturated carbocycles. The monoisotopic (exact) mass is 460 g/mol. The Morgan fingerprint density at radius 1 is 0.457 bits per heavy atom. The Morgan fingerprint density at radius 2 is 1.09 bits per heavy atom. The van der Waals surface area contributed by atoms with E-state index in [1.165, 1.54) is 77.9 Å². The van der Waals surface area contributed by atoms with Crippen molar-refractivity contribution in [1.29, 1.82) is 0 Å². The van der Waals surface area contributed by atoms with Crippen LogP contribution in [0.5, 0.6) is 0 Å². The van der Waals surface area contributed by atoms with Crippen LogP contribution in [-0.2, 0) is 19.3 Å². The van der Waals surface area contributed by atoms with Gasteiger partial charge in [0.1, 0.15) is 0 Å². The van der Waals surface area contributed by atoms with Gasteiger partial charge >= 0.3 is 0 Å². The second-order valence-corrected chi connectivity index (χ2v) is 9.94. The molecular weight excluding hydrogens is 420 g/mol. The first-order chi connectivity index (χ1) is 16.8. The summed E-state index contributed by atoms with van der Waals surface area (Å²) in [4.78, 5) is 0. The summed E-state index contributed by atoms with van der Waals surface area (Å²) in [6, 6.07) is 22.9. The maximum absolute atomic E-state index is 2.38. The fourth-order valence-electron chi connectivity index (χ4n) is 5.65. The normalized spacial score (nSPS) is 11.2. The lowest BCUT2D eigenvalue weighted by Crippen LogP contribution is -2.04. The fraction of sp³-hybridized carbons (Fsp3) is 0.314. The second kappa shape index (κ2) is 10.2. The highest BCUT2D eigenvalue weighted by Gasteiger charge is 2.23. The van der Waals surface area contributed by atoms with Gasteiger partial charge < -0.3 is 0 Å². The van der Waals surface area contributed by atoms with Crippen molar-refractivity contribution in [2.45, 2.75) is 74.7 Å². The summed E-state index contributed by atoms with van der Waals surface area (Å²) in [5.41, 5.74) is 19.6. The molecule has 4 aromatic carbocycles. The molecule has 0 amide bonds. The van der Waals surface area contributed by atoms with Crippen molar-refractivity contribution in [2.75, 3.05) is 0 Å². The van der Waals surface area contributed by atoms with Gasteiger partial charge in [-0.15, -0.1) is 0 Å². The molecule has 0 aromatic heterocycles. The predicted molar refractivity (Wildman–Crippen MR) is 155 cm³/mol. The third kappa shape index (κ3) is 4.36. The Bertz CT molecular complexity index is 1350. The van der Waals surface area contributed by atoms with E-state index in [0.29, 0.717) is 0 Å².